The third-order valence-corrected chi connectivity index (χ3v) is 10.6. The fraction of sp³-hybridized carbons (Fsp3) is 0.326. The summed E-state index contributed by atoms with van der Waals surface area (Å²) < 4.78 is 19.4. The molecule has 0 spiro atoms. The lowest BCUT2D eigenvalue weighted by atomic mass is 9.89. The number of benzene rings is 5. The summed E-state index contributed by atoms with van der Waals surface area (Å²) >= 11 is 0. The van der Waals surface area contributed by atoms with Crippen LogP contribution in [-0.2, 0) is 22.6 Å². The van der Waals surface area contributed by atoms with Gasteiger partial charge in [-0.25, -0.2) is 4.79 Å². The second-order valence-corrected chi connectivity index (χ2v) is 14.4. The van der Waals surface area contributed by atoms with E-state index < -0.39 is 6.29 Å². The highest BCUT2D eigenvalue weighted by Gasteiger charge is 2.39. The summed E-state index contributed by atoms with van der Waals surface area (Å²) in [5, 5.41) is 15.6. The summed E-state index contributed by atoms with van der Waals surface area (Å²) in [5.74, 6) is 1.60. The van der Waals surface area contributed by atoms with Crippen molar-refractivity contribution in [1.82, 2.24) is 10.2 Å². The molecule has 2 fully saturated rings. The van der Waals surface area contributed by atoms with Crippen LogP contribution >= 0.6 is 0 Å². The molecule has 5 aromatic rings. The van der Waals surface area contributed by atoms with Crippen LogP contribution in [0.15, 0.2) is 127 Å². The number of amides is 2. The Hall–Kier alpha value is -4.99. The van der Waals surface area contributed by atoms with E-state index in [-0.39, 0.29) is 30.8 Å². The number of nitrogens with zero attached hydrogens (tertiary/aromatic N) is 1. The Balaban J connectivity index is 1.01. The van der Waals surface area contributed by atoms with Crippen LogP contribution < -0.4 is 15.4 Å². The topological polar surface area (TPSA) is 92.3 Å². The first kappa shape index (κ1) is 37.3. The quantitative estimate of drug-likeness (QED) is 0.126. The normalized spacial score (nSPS) is 20.7. The largest absolute Gasteiger partial charge is 0.457 e. The van der Waals surface area contributed by atoms with Crippen LogP contribution in [-0.4, -0.2) is 41.8 Å². The summed E-state index contributed by atoms with van der Waals surface area (Å²) in [6.07, 6.45) is 5.73. The summed E-state index contributed by atoms with van der Waals surface area (Å²) in [4.78, 5) is 15.5. The van der Waals surface area contributed by atoms with Crippen LogP contribution in [0.5, 0.6) is 11.5 Å². The van der Waals surface area contributed by atoms with E-state index in [4.69, 9.17) is 14.2 Å². The average Bonchev–Trinajstić information content (AvgIpc) is 3.20. The van der Waals surface area contributed by atoms with Gasteiger partial charge in [-0.05, 0) is 90.1 Å². The minimum atomic E-state index is -0.517. The zero-order chi connectivity index (χ0) is 37.1. The van der Waals surface area contributed by atoms with E-state index in [0.717, 1.165) is 58.8 Å². The van der Waals surface area contributed by atoms with Gasteiger partial charge in [-0.1, -0.05) is 117 Å². The van der Waals surface area contributed by atoms with Crippen molar-refractivity contribution >= 4 is 11.7 Å². The number of aliphatic hydroxyl groups is 1. The van der Waals surface area contributed by atoms with E-state index in [1.807, 2.05) is 84.9 Å². The number of nitrogens with one attached hydrogen (secondary N) is 2. The van der Waals surface area contributed by atoms with Gasteiger partial charge >= 0.3 is 6.03 Å². The number of ether oxygens (including phenoxy) is 3. The van der Waals surface area contributed by atoms with Gasteiger partial charge in [0.25, 0.3) is 0 Å². The average molecular weight is 726 g/mol. The van der Waals surface area contributed by atoms with Crippen molar-refractivity contribution in [2.75, 3.05) is 25.0 Å². The Morgan fingerprint density at radius 1 is 0.741 bits per heavy atom. The number of anilines is 1. The van der Waals surface area contributed by atoms with Crippen molar-refractivity contribution in [3.05, 3.63) is 150 Å². The number of hydrogen-bond acceptors (Lipinski definition) is 6. The standard InChI is InChI=1S/C46H51N3O5/c1-33-43(31-49-28-10-3-2-4-11-29-49)53-45(54-44(33)36-18-16-34(32-50)17-19-36)37-22-20-35(21-23-37)42-15-9-8-12-38(42)30-47-46(51)48-39-24-26-41(27-25-39)52-40-13-6-5-7-14-40/h5-9,12-27,33,43-45,50H,2-4,10-11,28-32H2,1H3,(H2,47,48,51)/t33-,43+,44+,45+/m1/s1. The summed E-state index contributed by atoms with van der Waals surface area (Å²) in [6, 6.07) is 41.2. The van der Waals surface area contributed by atoms with Gasteiger partial charge in [-0.15, -0.1) is 0 Å². The first-order valence-electron chi connectivity index (χ1n) is 19.3. The van der Waals surface area contributed by atoms with Gasteiger partial charge in [-0.3, -0.25) is 0 Å². The Kier molecular flexibility index (Phi) is 12.7. The molecule has 4 atom stereocenters. The highest BCUT2D eigenvalue weighted by molar-refractivity contribution is 5.89. The van der Waals surface area contributed by atoms with Gasteiger partial charge in [-0.2, -0.15) is 0 Å². The number of aliphatic hydroxyl groups excluding tert-OH is 1. The molecule has 0 bridgehead atoms. The number of urea groups is 1. The second kappa shape index (κ2) is 18.4. The molecule has 8 nitrogen and oxygen atoms in total. The Labute approximate surface area is 319 Å². The molecule has 0 aliphatic carbocycles. The molecule has 8 heteroatoms. The van der Waals surface area contributed by atoms with Crippen molar-refractivity contribution in [2.24, 2.45) is 5.92 Å². The lowest BCUT2D eigenvalue weighted by molar-refractivity contribution is -0.276. The van der Waals surface area contributed by atoms with Crippen molar-refractivity contribution in [3.8, 4) is 22.6 Å². The molecule has 0 saturated carbocycles. The highest BCUT2D eigenvalue weighted by atomic mass is 16.7. The van der Waals surface area contributed by atoms with E-state index in [9.17, 15) is 9.90 Å². The minimum Gasteiger partial charge on any atom is -0.457 e. The fourth-order valence-corrected chi connectivity index (χ4v) is 7.44. The molecule has 0 unspecified atom stereocenters. The lowest BCUT2D eigenvalue weighted by Crippen LogP contribution is -2.45. The summed E-state index contributed by atoms with van der Waals surface area (Å²) in [7, 11) is 0. The molecule has 3 N–H and O–H groups in total. The Morgan fingerprint density at radius 3 is 2.11 bits per heavy atom. The van der Waals surface area contributed by atoms with Gasteiger partial charge in [0.1, 0.15) is 11.5 Å². The summed E-state index contributed by atoms with van der Waals surface area (Å²) in [6.45, 7) is 5.71. The zero-order valence-corrected chi connectivity index (χ0v) is 31.0. The number of para-hydroxylation sites is 1. The number of likely N-dealkylation sites (tertiary alicyclic amines) is 1. The second-order valence-electron chi connectivity index (χ2n) is 14.4. The monoisotopic (exact) mass is 725 g/mol. The van der Waals surface area contributed by atoms with Crippen molar-refractivity contribution in [1.29, 1.82) is 0 Å². The molecule has 5 aromatic carbocycles. The van der Waals surface area contributed by atoms with Crippen LogP contribution in [0, 0.1) is 5.92 Å². The first-order valence-corrected chi connectivity index (χ1v) is 19.3. The van der Waals surface area contributed by atoms with Gasteiger partial charge in [0.15, 0.2) is 6.29 Å². The third-order valence-electron chi connectivity index (χ3n) is 10.6. The molecule has 2 aliphatic rings. The molecular weight excluding hydrogens is 675 g/mol. The SMILES string of the molecule is C[C@@H]1[C@H](CN2CCCCCCC2)O[C@H](c2ccc(-c3ccccc3CNC(=O)Nc3ccc(Oc4ccccc4)cc3)cc2)O[C@@H]1c1ccc(CO)cc1. The predicted octanol–water partition coefficient (Wildman–Crippen LogP) is 10.0. The van der Waals surface area contributed by atoms with E-state index in [1.165, 1.54) is 32.1 Å². The molecule has 2 heterocycles. The van der Waals surface area contributed by atoms with Gasteiger partial charge in [0.2, 0.25) is 0 Å². The lowest BCUT2D eigenvalue weighted by Gasteiger charge is -2.43. The number of hydrogen-bond donors (Lipinski definition) is 3. The molecule has 2 saturated heterocycles. The smallest absolute Gasteiger partial charge is 0.319 e. The molecule has 7 rings (SSSR count). The Bertz CT molecular complexity index is 1910. The first-order chi connectivity index (χ1) is 26.5. The van der Waals surface area contributed by atoms with Crippen LogP contribution in [0.4, 0.5) is 10.5 Å². The van der Waals surface area contributed by atoms with Crippen LogP contribution in [0.1, 0.15) is 73.7 Å². The maximum absolute atomic E-state index is 12.9. The maximum atomic E-state index is 12.9. The zero-order valence-electron chi connectivity index (χ0n) is 31.0. The van der Waals surface area contributed by atoms with Gasteiger partial charge in [0.05, 0.1) is 18.8 Å². The van der Waals surface area contributed by atoms with Crippen molar-refractivity contribution in [3.63, 3.8) is 0 Å². The Morgan fingerprint density at radius 2 is 1.39 bits per heavy atom. The van der Waals surface area contributed by atoms with E-state index in [0.29, 0.717) is 18.0 Å². The molecule has 2 aliphatic heterocycles. The van der Waals surface area contributed by atoms with Crippen LogP contribution in [0.25, 0.3) is 11.1 Å². The molecule has 2 amide bonds. The number of carbonyl (C=O) groups is 1. The van der Waals surface area contributed by atoms with Crippen molar-refractivity contribution < 1.29 is 24.1 Å². The number of carbonyl (C=O) groups excluding carboxylic acids is 1. The third kappa shape index (κ3) is 9.75. The van der Waals surface area contributed by atoms with Crippen LogP contribution in [0.2, 0.25) is 0 Å². The predicted molar refractivity (Wildman–Crippen MR) is 213 cm³/mol. The van der Waals surface area contributed by atoms with Gasteiger partial charge < -0.3 is 34.9 Å². The molecule has 0 aromatic heterocycles. The van der Waals surface area contributed by atoms with E-state index >= 15 is 0 Å². The van der Waals surface area contributed by atoms with Crippen LogP contribution in [0.3, 0.4) is 0 Å². The van der Waals surface area contributed by atoms with Gasteiger partial charge in [0, 0.05) is 30.3 Å². The minimum absolute atomic E-state index is 0.00359. The highest BCUT2D eigenvalue weighted by Crippen LogP contribution is 2.42. The van der Waals surface area contributed by atoms with E-state index in [2.05, 4.69) is 64.9 Å². The summed E-state index contributed by atoms with van der Waals surface area (Å²) in [5.41, 5.74) is 6.72. The molecule has 0 radical (unpaired) electrons. The fourth-order valence-electron chi connectivity index (χ4n) is 7.44. The van der Waals surface area contributed by atoms with E-state index in [1.54, 1.807) is 0 Å². The van der Waals surface area contributed by atoms with Crippen molar-refractivity contribution in [2.45, 2.75) is 70.7 Å². The molecule has 54 heavy (non-hydrogen) atoms. The molecular formula is C46H51N3O5. The maximum Gasteiger partial charge on any atom is 0.319 e. The molecule has 280 valence electrons. The number of rotatable bonds is 11.